The summed E-state index contributed by atoms with van der Waals surface area (Å²) in [5.74, 6) is 0. The van der Waals surface area contributed by atoms with E-state index in [4.69, 9.17) is 18.9 Å². The second-order valence-corrected chi connectivity index (χ2v) is 6.90. The van der Waals surface area contributed by atoms with Crippen LogP contribution in [0.15, 0.2) is 22.7 Å². The van der Waals surface area contributed by atoms with Gasteiger partial charge in [-0.15, -0.1) is 0 Å². The molecule has 2 fully saturated rings. The molecule has 2 saturated heterocycles. The lowest BCUT2D eigenvalue weighted by molar-refractivity contribution is -0.169. The third-order valence-electron chi connectivity index (χ3n) is 4.28. The van der Waals surface area contributed by atoms with Gasteiger partial charge in [-0.25, -0.2) is 0 Å². The van der Waals surface area contributed by atoms with Gasteiger partial charge in [-0.05, 0) is 49.7 Å². The van der Waals surface area contributed by atoms with E-state index in [1.54, 1.807) is 0 Å². The summed E-state index contributed by atoms with van der Waals surface area (Å²) in [7, 11) is 0. The smallest absolute Gasteiger partial charge is 0.158 e. The van der Waals surface area contributed by atoms with E-state index in [9.17, 15) is 0 Å². The fourth-order valence-corrected chi connectivity index (χ4v) is 3.40. The molecule has 3 rings (SSSR count). The van der Waals surface area contributed by atoms with Crippen LogP contribution in [0.2, 0.25) is 0 Å². The lowest BCUT2D eigenvalue weighted by atomic mass is 10.1. The maximum atomic E-state index is 5.88. The Kier molecular flexibility index (Phi) is 6.90. The molecule has 0 spiro atoms. The second-order valence-electron chi connectivity index (χ2n) is 6.10. The van der Waals surface area contributed by atoms with E-state index in [0.717, 1.165) is 54.5 Å². The summed E-state index contributed by atoms with van der Waals surface area (Å²) < 4.78 is 24.1. The summed E-state index contributed by atoms with van der Waals surface area (Å²) in [6.45, 7) is 2.72. The molecule has 23 heavy (non-hydrogen) atoms. The highest BCUT2D eigenvalue weighted by Gasteiger charge is 2.17. The summed E-state index contributed by atoms with van der Waals surface area (Å²) in [5.41, 5.74) is 2.26. The summed E-state index contributed by atoms with van der Waals surface area (Å²) in [6.07, 6.45) is 6.48. The van der Waals surface area contributed by atoms with Crippen LogP contribution in [-0.4, -0.2) is 25.8 Å². The monoisotopic (exact) mass is 384 g/mol. The van der Waals surface area contributed by atoms with E-state index >= 15 is 0 Å². The molecule has 1 aromatic carbocycles. The van der Waals surface area contributed by atoms with Gasteiger partial charge < -0.3 is 18.9 Å². The largest absolute Gasteiger partial charge is 0.353 e. The van der Waals surface area contributed by atoms with Crippen molar-refractivity contribution in [2.75, 3.05) is 13.2 Å². The van der Waals surface area contributed by atoms with E-state index in [2.05, 4.69) is 28.1 Å². The first-order valence-corrected chi connectivity index (χ1v) is 9.35. The molecule has 0 radical (unpaired) electrons. The quantitative estimate of drug-likeness (QED) is 0.721. The fourth-order valence-electron chi connectivity index (χ4n) is 2.91. The van der Waals surface area contributed by atoms with Crippen molar-refractivity contribution in [3.05, 3.63) is 33.8 Å². The Labute approximate surface area is 146 Å². The molecule has 0 aromatic heterocycles. The SMILES string of the molecule is Brc1c(COC2CCCCO2)cccc1COC1CCCCO1. The zero-order valence-corrected chi connectivity index (χ0v) is 15.1. The van der Waals surface area contributed by atoms with Gasteiger partial charge in [0.25, 0.3) is 0 Å². The van der Waals surface area contributed by atoms with Crippen LogP contribution in [0.4, 0.5) is 0 Å². The molecular formula is C18H25BrO4. The minimum Gasteiger partial charge on any atom is -0.353 e. The lowest BCUT2D eigenvalue weighted by Crippen LogP contribution is -2.22. The van der Waals surface area contributed by atoms with Crippen LogP contribution in [0.25, 0.3) is 0 Å². The van der Waals surface area contributed by atoms with Crippen LogP contribution in [0.3, 0.4) is 0 Å². The van der Waals surface area contributed by atoms with Gasteiger partial charge in [0, 0.05) is 17.7 Å². The summed E-state index contributed by atoms with van der Waals surface area (Å²) in [6, 6.07) is 6.20. The van der Waals surface area contributed by atoms with E-state index in [1.807, 2.05) is 6.07 Å². The molecular weight excluding hydrogens is 360 g/mol. The molecule has 2 unspecified atom stereocenters. The van der Waals surface area contributed by atoms with Crippen molar-refractivity contribution < 1.29 is 18.9 Å². The molecule has 0 bridgehead atoms. The van der Waals surface area contributed by atoms with Gasteiger partial charge in [-0.1, -0.05) is 34.1 Å². The molecule has 4 nitrogen and oxygen atoms in total. The first-order chi connectivity index (χ1) is 11.3. The number of hydrogen-bond donors (Lipinski definition) is 0. The highest BCUT2D eigenvalue weighted by Crippen LogP contribution is 2.26. The summed E-state index contributed by atoms with van der Waals surface area (Å²) >= 11 is 3.69. The Morgan fingerprint density at radius 1 is 0.870 bits per heavy atom. The van der Waals surface area contributed by atoms with Crippen LogP contribution < -0.4 is 0 Å². The Balaban J connectivity index is 1.52. The van der Waals surface area contributed by atoms with Crippen LogP contribution in [0, 0.1) is 0 Å². The minimum absolute atomic E-state index is 0.0637. The summed E-state index contributed by atoms with van der Waals surface area (Å²) in [4.78, 5) is 0. The van der Waals surface area contributed by atoms with Crippen LogP contribution in [-0.2, 0) is 32.2 Å². The number of benzene rings is 1. The first-order valence-electron chi connectivity index (χ1n) is 8.55. The molecule has 0 saturated carbocycles. The Bertz CT molecular complexity index is 442. The third-order valence-corrected chi connectivity index (χ3v) is 5.30. The van der Waals surface area contributed by atoms with Gasteiger partial charge >= 0.3 is 0 Å². The molecule has 0 aliphatic carbocycles. The van der Waals surface area contributed by atoms with Crippen LogP contribution in [0.1, 0.15) is 49.7 Å². The van der Waals surface area contributed by atoms with E-state index in [1.165, 1.54) is 12.8 Å². The Morgan fingerprint density at radius 3 is 1.83 bits per heavy atom. The molecule has 1 aromatic rings. The van der Waals surface area contributed by atoms with Crippen molar-refractivity contribution in [1.82, 2.24) is 0 Å². The van der Waals surface area contributed by atoms with Crippen LogP contribution >= 0.6 is 15.9 Å². The molecule has 128 valence electrons. The predicted octanol–water partition coefficient (Wildman–Crippen LogP) is 4.54. The average Bonchev–Trinajstić information content (AvgIpc) is 2.61. The lowest BCUT2D eigenvalue weighted by Gasteiger charge is -2.24. The second kappa shape index (κ2) is 9.14. The van der Waals surface area contributed by atoms with Crippen molar-refractivity contribution in [2.45, 2.75) is 64.3 Å². The van der Waals surface area contributed by atoms with Gasteiger partial charge in [-0.2, -0.15) is 0 Å². The van der Waals surface area contributed by atoms with Crippen molar-refractivity contribution >= 4 is 15.9 Å². The van der Waals surface area contributed by atoms with E-state index < -0.39 is 0 Å². The number of hydrogen-bond acceptors (Lipinski definition) is 4. The topological polar surface area (TPSA) is 36.9 Å². The highest BCUT2D eigenvalue weighted by atomic mass is 79.9. The zero-order valence-electron chi connectivity index (χ0n) is 13.5. The van der Waals surface area contributed by atoms with E-state index in [0.29, 0.717) is 13.2 Å². The highest BCUT2D eigenvalue weighted by molar-refractivity contribution is 9.10. The van der Waals surface area contributed by atoms with Gasteiger partial charge in [0.2, 0.25) is 0 Å². The molecule has 0 amide bonds. The Hall–Kier alpha value is -0.460. The van der Waals surface area contributed by atoms with Crippen molar-refractivity contribution in [3.8, 4) is 0 Å². The predicted molar refractivity (Wildman–Crippen MR) is 90.9 cm³/mol. The third kappa shape index (κ3) is 5.26. The van der Waals surface area contributed by atoms with E-state index in [-0.39, 0.29) is 12.6 Å². The average molecular weight is 385 g/mol. The molecule has 2 aliphatic heterocycles. The standard InChI is InChI=1S/C18H25BrO4/c19-18-14(12-22-16-8-1-3-10-20-16)6-5-7-15(18)13-23-17-9-2-4-11-21-17/h5-7,16-17H,1-4,8-13H2. The van der Waals surface area contributed by atoms with Crippen molar-refractivity contribution in [1.29, 1.82) is 0 Å². The van der Waals surface area contributed by atoms with Crippen molar-refractivity contribution in [2.24, 2.45) is 0 Å². The fraction of sp³-hybridized carbons (Fsp3) is 0.667. The minimum atomic E-state index is -0.0637. The van der Waals surface area contributed by atoms with Gasteiger partial charge in [0.1, 0.15) is 0 Å². The van der Waals surface area contributed by atoms with Crippen LogP contribution in [0.5, 0.6) is 0 Å². The number of ether oxygens (including phenoxy) is 4. The zero-order chi connectivity index (χ0) is 15.9. The number of rotatable bonds is 6. The maximum absolute atomic E-state index is 5.88. The molecule has 0 N–H and O–H groups in total. The molecule has 2 atom stereocenters. The Morgan fingerprint density at radius 2 is 1.39 bits per heavy atom. The molecule has 2 heterocycles. The first kappa shape index (κ1) is 17.4. The van der Waals surface area contributed by atoms with Gasteiger partial charge in [0.05, 0.1) is 13.2 Å². The maximum Gasteiger partial charge on any atom is 0.158 e. The van der Waals surface area contributed by atoms with Gasteiger partial charge in [-0.3, -0.25) is 0 Å². The normalized spacial score (nSPS) is 25.4. The van der Waals surface area contributed by atoms with Crippen molar-refractivity contribution in [3.63, 3.8) is 0 Å². The number of halogens is 1. The molecule has 5 heteroatoms. The summed E-state index contributed by atoms with van der Waals surface area (Å²) in [5, 5.41) is 0. The van der Waals surface area contributed by atoms with Gasteiger partial charge in [0.15, 0.2) is 12.6 Å². The molecule has 2 aliphatic rings.